The molecule has 0 bridgehead atoms. The van der Waals surface area contributed by atoms with Gasteiger partial charge in [0.1, 0.15) is 10.2 Å². The molecule has 1 atom stereocenters. The fourth-order valence-corrected chi connectivity index (χ4v) is 3.46. The molecular weight excluding hydrogens is 307 g/mol. The third kappa shape index (κ3) is 2.66. The average Bonchev–Trinajstić information content (AvgIpc) is 2.82. The molecule has 2 fully saturated rings. The van der Waals surface area contributed by atoms with Crippen LogP contribution in [0.3, 0.4) is 0 Å². The van der Waals surface area contributed by atoms with Gasteiger partial charge < -0.3 is 9.80 Å². The standard InChI is InChI=1S/C11H14Cl2N4OS/c1-7-14-10(19-15-7)17-4-2-16(3-5-17)9(18)8-6-11(8,12)13/h8H,2-6H2,1H3. The first-order chi connectivity index (χ1) is 8.97. The predicted octanol–water partition coefficient (Wildman–Crippen LogP) is 1.69. The van der Waals surface area contributed by atoms with E-state index in [4.69, 9.17) is 23.2 Å². The Morgan fingerprint density at radius 2 is 2.00 bits per heavy atom. The van der Waals surface area contributed by atoms with Gasteiger partial charge in [-0.05, 0) is 13.3 Å². The normalized spacial score (nSPS) is 25.5. The van der Waals surface area contributed by atoms with Crippen LogP contribution in [0.2, 0.25) is 0 Å². The van der Waals surface area contributed by atoms with Crippen molar-refractivity contribution >= 4 is 45.8 Å². The van der Waals surface area contributed by atoms with E-state index in [0.717, 1.165) is 24.0 Å². The van der Waals surface area contributed by atoms with Gasteiger partial charge in [0, 0.05) is 37.7 Å². The molecule has 1 saturated carbocycles. The number of alkyl halides is 2. The number of halogens is 2. The maximum Gasteiger partial charge on any atom is 0.228 e. The zero-order valence-electron chi connectivity index (χ0n) is 10.5. The molecule has 19 heavy (non-hydrogen) atoms. The van der Waals surface area contributed by atoms with Crippen molar-refractivity contribution in [2.24, 2.45) is 5.92 Å². The van der Waals surface area contributed by atoms with Crippen molar-refractivity contribution < 1.29 is 4.79 Å². The zero-order valence-corrected chi connectivity index (χ0v) is 12.8. The Balaban J connectivity index is 1.56. The van der Waals surface area contributed by atoms with E-state index in [0.29, 0.717) is 19.5 Å². The average molecular weight is 321 g/mol. The highest BCUT2D eigenvalue weighted by Crippen LogP contribution is 2.53. The molecule has 1 saturated heterocycles. The number of carbonyl (C=O) groups is 1. The molecule has 5 nitrogen and oxygen atoms in total. The Morgan fingerprint density at radius 3 is 2.47 bits per heavy atom. The first kappa shape index (κ1) is 13.4. The van der Waals surface area contributed by atoms with Gasteiger partial charge in [0.05, 0.1) is 5.92 Å². The van der Waals surface area contributed by atoms with E-state index in [1.807, 2.05) is 11.8 Å². The minimum absolute atomic E-state index is 0.0816. The lowest BCUT2D eigenvalue weighted by Crippen LogP contribution is -2.49. The molecule has 0 N–H and O–H groups in total. The van der Waals surface area contributed by atoms with Crippen LogP contribution in [0.1, 0.15) is 12.2 Å². The predicted molar refractivity (Wildman–Crippen MR) is 76.0 cm³/mol. The molecule has 2 aliphatic rings. The molecule has 3 rings (SSSR count). The first-order valence-electron chi connectivity index (χ1n) is 6.19. The molecule has 1 aromatic heterocycles. The third-order valence-electron chi connectivity index (χ3n) is 3.50. The van der Waals surface area contributed by atoms with Crippen molar-refractivity contribution in [2.75, 3.05) is 31.1 Å². The highest BCUT2D eigenvalue weighted by atomic mass is 35.5. The SMILES string of the molecule is Cc1nsc(N2CCN(C(=O)C3CC3(Cl)Cl)CC2)n1. The summed E-state index contributed by atoms with van der Waals surface area (Å²) in [4.78, 5) is 20.5. The van der Waals surface area contributed by atoms with Crippen molar-refractivity contribution in [1.82, 2.24) is 14.3 Å². The Labute approximate surface area is 125 Å². The van der Waals surface area contributed by atoms with Gasteiger partial charge in [-0.3, -0.25) is 4.79 Å². The van der Waals surface area contributed by atoms with Gasteiger partial charge in [0.25, 0.3) is 0 Å². The van der Waals surface area contributed by atoms with Crippen LogP contribution in [-0.4, -0.2) is 50.7 Å². The molecule has 0 aromatic carbocycles. The summed E-state index contributed by atoms with van der Waals surface area (Å²) in [6, 6.07) is 0. The summed E-state index contributed by atoms with van der Waals surface area (Å²) in [6.45, 7) is 4.83. The Kier molecular flexibility index (Phi) is 3.35. The summed E-state index contributed by atoms with van der Waals surface area (Å²) in [5.41, 5.74) is 0. The second-order valence-corrected chi connectivity index (χ2v) is 7.23. The van der Waals surface area contributed by atoms with Gasteiger partial charge in [-0.2, -0.15) is 4.37 Å². The number of hydrogen-bond donors (Lipinski definition) is 0. The van der Waals surface area contributed by atoms with E-state index in [1.165, 1.54) is 11.5 Å². The summed E-state index contributed by atoms with van der Waals surface area (Å²) >= 11 is 13.3. The lowest BCUT2D eigenvalue weighted by atomic mass is 10.3. The van der Waals surface area contributed by atoms with E-state index >= 15 is 0 Å². The molecule has 104 valence electrons. The summed E-state index contributed by atoms with van der Waals surface area (Å²) in [5.74, 6) is 0.662. The van der Waals surface area contributed by atoms with E-state index in [2.05, 4.69) is 14.3 Å². The van der Waals surface area contributed by atoms with E-state index < -0.39 is 4.33 Å². The van der Waals surface area contributed by atoms with Gasteiger partial charge in [0.2, 0.25) is 11.0 Å². The van der Waals surface area contributed by atoms with Crippen molar-refractivity contribution in [1.29, 1.82) is 0 Å². The second-order valence-electron chi connectivity index (χ2n) is 4.95. The number of rotatable bonds is 2. The summed E-state index contributed by atoms with van der Waals surface area (Å²) < 4.78 is 3.35. The van der Waals surface area contributed by atoms with Crippen molar-refractivity contribution in [3.05, 3.63) is 5.82 Å². The monoisotopic (exact) mass is 320 g/mol. The van der Waals surface area contributed by atoms with Gasteiger partial charge in [-0.15, -0.1) is 23.2 Å². The van der Waals surface area contributed by atoms with Crippen molar-refractivity contribution in [3.63, 3.8) is 0 Å². The van der Waals surface area contributed by atoms with Crippen LogP contribution in [0.4, 0.5) is 5.13 Å². The molecular formula is C11H14Cl2N4OS. The molecule has 2 heterocycles. The molecule has 1 unspecified atom stereocenters. The minimum atomic E-state index is -0.829. The highest BCUT2D eigenvalue weighted by Gasteiger charge is 2.57. The van der Waals surface area contributed by atoms with Crippen LogP contribution >= 0.6 is 34.7 Å². The third-order valence-corrected chi connectivity index (χ3v) is 5.21. The topological polar surface area (TPSA) is 49.3 Å². The number of piperazine rings is 1. The van der Waals surface area contributed by atoms with Crippen LogP contribution < -0.4 is 4.90 Å². The quantitative estimate of drug-likeness (QED) is 0.778. The van der Waals surface area contributed by atoms with E-state index in [-0.39, 0.29) is 11.8 Å². The Hall–Kier alpha value is -0.590. The highest BCUT2D eigenvalue weighted by molar-refractivity contribution is 7.09. The number of aromatic nitrogens is 2. The van der Waals surface area contributed by atoms with E-state index in [9.17, 15) is 4.79 Å². The molecule has 8 heteroatoms. The lowest BCUT2D eigenvalue weighted by molar-refractivity contribution is -0.132. The molecule has 1 aliphatic carbocycles. The lowest BCUT2D eigenvalue weighted by Gasteiger charge is -2.34. The van der Waals surface area contributed by atoms with Crippen molar-refractivity contribution in [3.8, 4) is 0 Å². The number of aryl methyl sites for hydroxylation is 1. The number of nitrogens with zero attached hydrogens (tertiary/aromatic N) is 4. The number of hydrogen-bond acceptors (Lipinski definition) is 5. The first-order valence-corrected chi connectivity index (χ1v) is 7.72. The molecule has 1 aliphatic heterocycles. The van der Waals surface area contributed by atoms with Gasteiger partial charge >= 0.3 is 0 Å². The number of anilines is 1. The smallest absolute Gasteiger partial charge is 0.228 e. The Morgan fingerprint density at radius 1 is 1.37 bits per heavy atom. The van der Waals surface area contributed by atoms with Gasteiger partial charge in [-0.1, -0.05) is 0 Å². The van der Waals surface area contributed by atoms with Crippen LogP contribution in [0, 0.1) is 12.8 Å². The maximum absolute atomic E-state index is 12.1. The minimum Gasteiger partial charge on any atom is -0.343 e. The second kappa shape index (κ2) is 4.75. The summed E-state index contributed by atoms with van der Waals surface area (Å²) in [5, 5.41) is 0.931. The fraction of sp³-hybridized carbons (Fsp3) is 0.727. The largest absolute Gasteiger partial charge is 0.343 e. The molecule has 1 amide bonds. The summed E-state index contributed by atoms with van der Waals surface area (Å²) in [7, 11) is 0. The zero-order chi connectivity index (χ0) is 13.6. The van der Waals surface area contributed by atoms with Gasteiger partial charge in [-0.25, -0.2) is 4.98 Å². The number of carbonyl (C=O) groups excluding carboxylic acids is 1. The Bertz CT molecular complexity index is 499. The van der Waals surface area contributed by atoms with E-state index in [1.54, 1.807) is 0 Å². The van der Waals surface area contributed by atoms with Gasteiger partial charge in [0.15, 0.2) is 0 Å². The summed E-state index contributed by atoms with van der Waals surface area (Å²) in [6.07, 6.45) is 0.574. The fourth-order valence-electron chi connectivity index (χ4n) is 2.23. The van der Waals surface area contributed by atoms with Crippen LogP contribution in [-0.2, 0) is 4.79 Å². The molecule has 1 aromatic rings. The number of amides is 1. The van der Waals surface area contributed by atoms with Crippen LogP contribution in [0.5, 0.6) is 0 Å². The van der Waals surface area contributed by atoms with Crippen LogP contribution in [0.15, 0.2) is 0 Å². The molecule has 0 radical (unpaired) electrons. The molecule has 0 spiro atoms. The maximum atomic E-state index is 12.1. The van der Waals surface area contributed by atoms with Crippen molar-refractivity contribution in [2.45, 2.75) is 17.7 Å². The van der Waals surface area contributed by atoms with Crippen LogP contribution in [0.25, 0.3) is 0 Å².